The molecule has 96 valence electrons. The molecular weight excluding hydrogens is 299 g/mol. The highest BCUT2D eigenvalue weighted by Crippen LogP contribution is 2.18. The van der Waals surface area contributed by atoms with Gasteiger partial charge in [-0.3, -0.25) is 4.68 Å². The average Bonchev–Trinajstić information content (AvgIpc) is 2.70. The molecule has 1 aromatic carbocycles. The van der Waals surface area contributed by atoms with Gasteiger partial charge in [-0.05, 0) is 32.0 Å². The summed E-state index contributed by atoms with van der Waals surface area (Å²) in [4.78, 5) is 0. The molecular formula is C13H14BrFN2O. The molecule has 2 rings (SSSR count). The molecule has 1 aromatic heterocycles. The largest absolute Gasteiger partial charge is 0.488 e. The van der Waals surface area contributed by atoms with Crippen LogP contribution in [0, 0.1) is 5.82 Å². The molecule has 0 aliphatic carbocycles. The second-order valence-corrected chi connectivity index (χ2v) is 5.19. The van der Waals surface area contributed by atoms with Gasteiger partial charge in [0.15, 0.2) is 5.75 Å². The van der Waals surface area contributed by atoms with Crippen LogP contribution in [-0.4, -0.2) is 15.9 Å². The van der Waals surface area contributed by atoms with E-state index in [1.165, 1.54) is 6.07 Å². The Labute approximate surface area is 114 Å². The van der Waals surface area contributed by atoms with Crippen LogP contribution in [0.1, 0.15) is 19.4 Å². The molecule has 1 heterocycles. The minimum absolute atomic E-state index is 0.102. The zero-order chi connectivity index (χ0) is 13.1. The summed E-state index contributed by atoms with van der Waals surface area (Å²) < 4.78 is 21.6. The molecule has 0 spiro atoms. The van der Waals surface area contributed by atoms with Crippen LogP contribution in [0.4, 0.5) is 4.39 Å². The van der Waals surface area contributed by atoms with Crippen molar-refractivity contribution in [3.05, 3.63) is 46.4 Å². The van der Waals surface area contributed by atoms with Crippen LogP contribution in [0.2, 0.25) is 0 Å². The quantitative estimate of drug-likeness (QED) is 0.862. The Kier molecular flexibility index (Phi) is 4.01. The summed E-state index contributed by atoms with van der Waals surface area (Å²) in [5.41, 5.74) is 0.587. The van der Waals surface area contributed by atoms with Crippen molar-refractivity contribution in [1.82, 2.24) is 9.78 Å². The van der Waals surface area contributed by atoms with Crippen molar-refractivity contribution < 1.29 is 9.13 Å². The summed E-state index contributed by atoms with van der Waals surface area (Å²) in [5, 5.41) is 4.15. The summed E-state index contributed by atoms with van der Waals surface area (Å²) in [6, 6.07) is 4.86. The van der Waals surface area contributed by atoms with Crippen LogP contribution in [0.5, 0.6) is 5.75 Å². The van der Waals surface area contributed by atoms with E-state index in [2.05, 4.69) is 21.0 Å². The number of benzene rings is 1. The molecule has 0 saturated carbocycles. The lowest BCUT2D eigenvalue weighted by molar-refractivity contribution is 0.242. The molecule has 5 heteroatoms. The van der Waals surface area contributed by atoms with E-state index in [0.29, 0.717) is 17.9 Å². The van der Waals surface area contributed by atoms with Crippen LogP contribution in [0.25, 0.3) is 0 Å². The Morgan fingerprint density at radius 1 is 1.44 bits per heavy atom. The van der Waals surface area contributed by atoms with Crippen molar-refractivity contribution in [3.63, 3.8) is 0 Å². The maximum absolute atomic E-state index is 13.6. The van der Waals surface area contributed by atoms with E-state index in [1.807, 2.05) is 13.8 Å². The Morgan fingerprint density at radius 2 is 2.22 bits per heavy atom. The van der Waals surface area contributed by atoms with E-state index >= 15 is 0 Å². The zero-order valence-electron chi connectivity index (χ0n) is 10.2. The topological polar surface area (TPSA) is 27.1 Å². The van der Waals surface area contributed by atoms with Gasteiger partial charge in [0.2, 0.25) is 0 Å². The third-order valence-corrected chi connectivity index (χ3v) is 2.81. The molecule has 0 fully saturated rings. The van der Waals surface area contributed by atoms with E-state index in [9.17, 15) is 4.39 Å². The first-order chi connectivity index (χ1) is 8.54. The van der Waals surface area contributed by atoms with Crippen LogP contribution < -0.4 is 4.74 Å². The Hall–Kier alpha value is -1.36. The highest BCUT2D eigenvalue weighted by atomic mass is 79.9. The van der Waals surface area contributed by atoms with Gasteiger partial charge in [-0.2, -0.15) is 5.10 Å². The van der Waals surface area contributed by atoms with Crippen LogP contribution >= 0.6 is 15.9 Å². The molecule has 0 aliphatic heterocycles. The molecule has 2 aromatic rings. The third-order valence-electron chi connectivity index (χ3n) is 2.32. The normalized spacial score (nSPS) is 10.9. The number of hydrogen-bond donors (Lipinski definition) is 0. The van der Waals surface area contributed by atoms with Crippen molar-refractivity contribution in [2.75, 3.05) is 0 Å². The van der Waals surface area contributed by atoms with E-state index in [4.69, 9.17) is 4.74 Å². The number of rotatable bonds is 4. The van der Waals surface area contributed by atoms with Crippen molar-refractivity contribution >= 4 is 15.9 Å². The van der Waals surface area contributed by atoms with E-state index in [0.717, 1.165) is 4.47 Å². The molecule has 0 amide bonds. The van der Waals surface area contributed by atoms with E-state index < -0.39 is 0 Å². The van der Waals surface area contributed by atoms with E-state index in [-0.39, 0.29) is 11.9 Å². The fourth-order valence-corrected chi connectivity index (χ4v) is 2.01. The van der Waals surface area contributed by atoms with Crippen LogP contribution in [0.15, 0.2) is 35.1 Å². The summed E-state index contributed by atoms with van der Waals surface area (Å²) in [6.07, 6.45) is 3.50. The van der Waals surface area contributed by atoms with Gasteiger partial charge in [-0.25, -0.2) is 4.39 Å². The predicted molar refractivity (Wildman–Crippen MR) is 71.2 cm³/mol. The molecule has 0 atom stereocenters. The van der Waals surface area contributed by atoms with Gasteiger partial charge in [0.1, 0.15) is 5.82 Å². The summed E-state index contributed by atoms with van der Waals surface area (Å²) in [7, 11) is 0. The fourth-order valence-electron chi connectivity index (χ4n) is 1.60. The van der Waals surface area contributed by atoms with Gasteiger partial charge in [0.25, 0.3) is 0 Å². The summed E-state index contributed by atoms with van der Waals surface area (Å²) >= 11 is 3.33. The molecule has 0 saturated heterocycles. The van der Waals surface area contributed by atoms with Gasteiger partial charge in [-0.15, -0.1) is 0 Å². The lowest BCUT2D eigenvalue weighted by atomic mass is 10.2. The number of halogens is 2. The van der Waals surface area contributed by atoms with Crippen LogP contribution in [0.3, 0.4) is 0 Å². The monoisotopic (exact) mass is 312 g/mol. The Balaban J connectivity index is 2.13. The maximum Gasteiger partial charge on any atom is 0.157 e. The van der Waals surface area contributed by atoms with Gasteiger partial charge in [0.05, 0.1) is 25.0 Å². The van der Waals surface area contributed by atoms with Gasteiger partial charge in [0, 0.05) is 10.0 Å². The molecule has 3 nitrogen and oxygen atoms in total. The standard InChI is InChI=1S/C13H14BrFN2O/c1-9(2)18-12-6-16-17(8-12)7-10-5-11(14)3-4-13(10)15/h3-6,8-9H,7H2,1-2H3. The molecule has 0 N–H and O–H groups in total. The second-order valence-electron chi connectivity index (χ2n) is 4.28. The maximum atomic E-state index is 13.6. The van der Waals surface area contributed by atoms with Crippen molar-refractivity contribution in [1.29, 1.82) is 0 Å². The lowest BCUT2D eigenvalue weighted by Crippen LogP contribution is -2.05. The first-order valence-corrected chi connectivity index (χ1v) is 6.47. The van der Waals surface area contributed by atoms with Crippen LogP contribution in [-0.2, 0) is 6.54 Å². The highest BCUT2D eigenvalue weighted by molar-refractivity contribution is 9.10. The molecule has 18 heavy (non-hydrogen) atoms. The number of ether oxygens (including phenoxy) is 1. The molecule has 0 bridgehead atoms. The first-order valence-electron chi connectivity index (χ1n) is 5.67. The van der Waals surface area contributed by atoms with E-state index in [1.54, 1.807) is 29.2 Å². The Morgan fingerprint density at radius 3 is 2.94 bits per heavy atom. The second kappa shape index (κ2) is 5.52. The molecule has 0 aliphatic rings. The number of hydrogen-bond acceptors (Lipinski definition) is 2. The highest BCUT2D eigenvalue weighted by Gasteiger charge is 2.06. The first kappa shape index (κ1) is 13.1. The summed E-state index contributed by atoms with van der Waals surface area (Å²) in [6.45, 7) is 4.28. The van der Waals surface area contributed by atoms with Gasteiger partial charge in [-0.1, -0.05) is 15.9 Å². The SMILES string of the molecule is CC(C)Oc1cnn(Cc2cc(Br)ccc2F)c1. The van der Waals surface area contributed by atoms with Crippen molar-refractivity contribution in [2.45, 2.75) is 26.5 Å². The summed E-state index contributed by atoms with van der Waals surface area (Å²) in [5.74, 6) is 0.459. The van der Waals surface area contributed by atoms with Gasteiger partial charge < -0.3 is 4.74 Å². The molecule has 0 unspecified atom stereocenters. The minimum Gasteiger partial charge on any atom is -0.488 e. The fraction of sp³-hybridized carbons (Fsp3) is 0.308. The zero-order valence-corrected chi connectivity index (χ0v) is 11.8. The average molecular weight is 313 g/mol. The smallest absolute Gasteiger partial charge is 0.157 e. The van der Waals surface area contributed by atoms with Gasteiger partial charge >= 0.3 is 0 Å². The minimum atomic E-state index is -0.236. The number of nitrogens with zero attached hydrogens (tertiary/aromatic N) is 2. The van der Waals surface area contributed by atoms with Crippen molar-refractivity contribution in [3.8, 4) is 5.75 Å². The Bertz CT molecular complexity index is 540. The predicted octanol–water partition coefficient (Wildman–Crippen LogP) is 3.62. The van der Waals surface area contributed by atoms with Crippen molar-refractivity contribution in [2.24, 2.45) is 0 Å². The third kappa shape index (κ3) is 3.32. The molecule has 0 radical (unpaired) electrons. The number of aromatic nitrogens is 2. The lowest BCUT2D eigenvalue weighted by Gasteiger charge is -2.06.